The molecule has 1 fully saturated rings. The molecule has 3 nitrogen and oxygen atoms in total. The van der Waals surface area contributed by atoms with E-state index in [2.05, 4.69) is 9.88 Å². The lowest BCUT2D eigenvalue weighted by molar-refractivity contribution is -0.0334. The Bertz CT molecular complexity index is 649. The van der Waals surface area contributed by atoms with Crippen molar-refractivity contribution in [3.05, 3.63) is 65.0 Å². The molecule has 2 heterocycles. The second kappa shape index (κ2) is 6.50. The molecule has 1 aliphatic rings. The third kappa shape index (κ3) is 3.15. The fourth-order valence-corrected chi connectivity index (χ4v) is 2.66. The van der Waals surface area contributed by atoms with Gasteiger partial charge in [-0.05, 0) is 18.6 Å². The minimum Gasteiger partial charge on any atom is -0.371 e. The quantitative estimate of drug-likeness (QED) is 0.870. The highest BCUT2D eigenvalue weighted by molar-refractivity contribution is 5.25. The zero-order valence-electron chi connectivity index (χ0n) is 12.4. The molecule has 5 heteroatoms. The summed E-state index contributed by atoms with van der Waals surface area (Å²) in [5.74, 6) is -1.50. The van der Waals surface area contributed by atoms with Crippen LogP contribution in [0.2, 0.25) is 0 Å². The maximum absolute atomic E-state index is 14.0. The van der Waals surface area contributed by atoms with Crippen molar-refractivity contribution >= 4 is 0 Å². The standard InChI is InChI=1S/C17H18F2N2O/c1-12-4-5-14(17(19)16(12)18)10-21-7-8-22-15(11-21)13-3-2-6-20-9-13/h2-6,9,15H,7-8,10-11H2,1H3/t15-/m1/s1. The number of hydrogen-bond donors (Lipinski definition) is 0. The van der Waals surface area contributed by atoms with Crippen LogP contribution < -0.4 is 0 Å². The van der Waals surface area contributed by atoms with Crippen molar-refractivity contribution in [3.63, 3.8) is 0 Å². The number of morpholine rings is 1. The highest BCUT2D eigenvalue weighted by atomic mass is 19.2. The summed E-state index contributed by atoms with van der Waals surface area (Å²) in [6, 6.07) is 7.11. The average molecular weight is 304 g/mol. The van der Waals surface area contributed by atoms with Crippen LogP contribution in [0.3, 0.4) is 0 Å². The molecule has 3 rings (SSSR count). The lowest BCUT2D eigenvalue weighted by Crippen LogP contribution is -2.38. The lowest BCUT2D eigenvalue weighted by atomic mass is 10.1. The number of aromatic nitrogens is 1. The number of benzene rings is 1. The normalized spacial score (nSPS) is 19.3. The van der Waals surface area contributed by atoms with Gasteiger partial charge in [0, 0.05) is 43.2 Å². The van der Waals surface area contributed by atoms with Gasteiger partial charge in [-0.1, -0.05) is 18.2 Å². The van der Waals surface area contributed by atoms with E-state index in [1.807, 2.05) is 12.1 Å². The highest BCUT2D eigenvalue weighted by Crippen LogP contribution is 2.24. The molecule has 0 radical (unpaired) electrons. The molecule has 1 aliphatic heterocycles. The monoisotopic (exact) mass is 304 g/mol. The van der Waals surface area contributed by atoms with Gasteiger partial charge in [-0.3, -0.25) is 9.88 Å². The summed E-state index contributed by atoms with van der Waals surface area (Å²) in [7, 11) is 0. The first-order valence-electron chi connectivity index (χ1n) is 7.32. The zero-order chi connectivity index (χ0) is 15.5. The fourth-order valence-electron chi connectivity index (χ4n) is 2.66. The molecule has 1 aromatic carbocycles. The van der Waals surface area contributed by atoms with Crippen LogP contribution in [0, 0.1) is 18.6 Å². The van der Waals surface area contributed by atoms with Crippen LogP contribution in [0.25, 0.3) is 0 Å². The minimum atomic E-state index is -0.755. The second-order valence-electron chi connectivity index (χ2n) is 5.55. The van der Waals surface area contributed by atoms with Crippen LogP contribution in [-0.4, -0.2) is 29.6 Å². The average Bonchev–Trinajstić information content (AvgIpc) is 2.57. The molecule has 0 bridgehead atoms. The van der Waals surface area contributed by atoms with Gasteiger partial charge in [-0.2, -0.15) is 0 Å². The molecule has 0 unspecified atom stereocenters. The van der Waals surface area contributed by atoms with Gasteiger partial charge in [0.25, 0.3) is 0 Å². The molecular formula is C17H18F2N2O. The predicted molar refractivity (Wildman–Crippen MR) is 79.3 cm³/mol. The van der Waals surface area contributed by atoms with Crippen molar-refractivity contribution in [1.29, 1.82) is 0 Å². The maximum Gasteiger partial charge on any atom is 0.163 e. The van der Waals surface area contributed by atoms with Gasteiger partial charge in [-0.15, -0.1) is 0 Å². The minimum absolute atomic E-state index is 0.0826. The summed E-state index contributed by atoms with van der Waals surface area (Å²) in [6.45, 7) is 3.85. The van der Waals surface area contributed by atoms with Crippen molar-refractivity contribution in [2.45, 2.75) is 19.6 Å². The lowest BCUT2D eigenvalue weighted by Gasteiger charge is -2.33. The number of ether oxygens (including phenoxy) is 1. The van der Waals surface area contributed by atoms with Crippen molar-refractivity contribution in [2.75, 3.05) is 19.7 Å². The summed E-state index contributed by atoms with van der Waals surface area (Å²) in [5.41, 5.74) is 1.72. The Balaban J connectivity index is 1.72. The van der Waals surface area contributed by atoms with E-state index in [-0.39, 0.29) is 6.10 Å². The van der Waals surface area contributed by atoms with Crippen LogP contribution in [0.5, 0.6) is 0 Å². The van der Waals surface area contributed by atoms with Crippen molar-refractivity contribution in [1.82, 2.24) is 9.88 Å². The fraction of sp³-hybridized carbons (Fsp3) is 0.353. The summed E-state index contributed by atoms with van der Waals surface area (Å²) >= 11 is 0. The van der Waals surface area contributed by atoms with Gasteiger partial charge in [0.15, 0.2) is 11.6 Å². The molecular weight excluding hydrogens is 286 g/mol. The third-order valence-electron chi connectivity index (χ3n) is 3.96. The number of aryl methyl sites for hydroxylation is 1. The van der Waals surface area contributed by atoms with Crippen LogP contribution in [0.15, 0.2) is 36.7 Å². The Morgan fingerprint density at radius 2 is 2.14 bits per heavy atom. The van der Waals surface area contributed by atoms with Gasteiger partial charge < -0.3 is 4.74 Å². The van der Waals surface area contributed by atoms with Gasteiger partial charge >= 0.3 is 0 Å². The topological polar surface area (TPSA) is 25.4 Å². The highest BCUT2D eigenvalue weighted by Gasteiger charge is 2.23. The Labute approximate surface area is 128 Å². The molecule has 0 saturated carbocycles. The van der Waals surface area contributed by atoms with Gasteiger partial charge in [0.2, 0.25) is 0 Å². The van der Waals surface area contributed by atoms with E-state index in [4.69, 9.17) is 4.74 Å². The molecule has 1 saturated heterocycles. The Morgan fingerprint density at radius 3 is 2.91 bits per heavy atom. The molecule has 116 valence electrons. The molecule has 0 aliphatic carbocycles. The van der Waals surface area contributed by atoms with Crippen LogP contribution in [-0.2, 0) is 11.3 Å². The van der Waals surface area contributed by atoms with E-state index in [0.29, 0.717) is 37.4 Å². The summed E-state index contributed by atoms with van der Waals surface area (Å²) in [6.07, 6.45) is 3.41. The smallest absolute Gasteiger partial charge is 0.163 e. The number of nitrogens with zero attached hydrogens (tertiary/aromatic N) is 2. The molecule has 1 atom stereocenters. The van der Waals surface area contributed by atoms with E-state index in [1.54, 1.807) is 31.5 Å². The van der Waals surface area contributed by atoms with E-state index in [0.717, 1.165) is 5.56 Å². The Kier molecular flexibility index (Phi) is 4.45. The first-order valence-corrected chi connectivity index (χ1v) is 7.32. The summed E-state index contributed by atoms with van der Waals surface area (Å²) in [4.78, 5) is 6.17. The van der Waals surface area contributed by atoms with Crippen molar-refractivity contribution in [2.24, 2.45) is 0 Å². The first-order chi connectivity index (χ1) is 10.6. The van der Waals surface area contributed by atoms with E-state index in [9.17, 15) is 8.78 Å². The maximum atomic E-state index is 14.0. The van der Waals surface area contributed by atoms with Gasteiger partial charge in [-0.25, -0.2) is 8.78 Å². The molecule has 0 N–H and O–H groups in total. The van der Waals surface area contributed by atoms with E-state index >= 15 is 0 Å². The van der Waals surface area contributed by atoms with Gasteiger partial charge in [0.1, 0.15) is 0 Å². The van der Waals surface area contributed by atoms with Gasteiger partial charge in [0.05, 0.1) is 12.7 Å². The largest absolute Gasteiger partial charge is 0.371 e. The predicted octanol–water partition coefficient (Wildman–Crippen LogP) is 3.24. The number of pyridine rings is 1. The van der Waals surface area contributed by atoms with E-state index < -0.39 is 11.6 Å². The molecule has 0 amide bonds. The molecule has 0 spiro atoms. The second-order valence-corrected chi connectivity index (χ2v) is 5.55. The van der Waals surface area contributed by atoms with Crippen LogP contribution >= 0.6 is 0 Å². The number of hydrogen-bond acceptors (Lipinski definition) is 3. The first kappa shape index (κ1) is 15.1. The Hall–Kier alpha value is -1.85. The van der Waals surface area contributed by atoms with E-state index in [1.165, 1.54) is 0 Å². The summed E-state index contributed by atoms with van der Waals surface area (Å²) < 4.78 is 33.4. The summed E-state index contributed by atoms with van der Waals surface area (Å²) in [5, 5.41) is 0. The third-order valence-corrected chi connectivity index (χ3v) is 3.96. The van der Waals surface area contributed by atoms with Crippen LogP contribution in [0.1, 0.15) is 22.8 Å². The SMILES string of the molecule is Cc1ccc(CN2CCO[C@@H](c3cccnc3)C2)c(F)c1F. The molecule has 1 aromatic heterocycles. The Morgan fingerprint density at radius 1 is 1.27 bits per heavy atom. The molecule has 22 heavy (non-hydrogen) atoms. The van der Waals surface area contributed by atoms with Crippen molar-refractivity contribution < 1.29 is 13.5 Å². The number of halogens is 2. The van der Waals surface area contributed by atoms with Crippen molar-refractivity contribution in [3.8, 4) is 0 Å². The zero-order valence-corrected chi connectivity index (χ0v) is 12.4. The number of rotatable bonds is 3. The molecule has 2 aromatic rings. The van der Waals surface area contributed by atoms with Crippen LogP contribution in [0.4, 0.5) is 8.78 Å².